The van der Waals surface area contributed by atoms with Crippen LogP contribution in [0, 0.1) is 5.92 Å². The molecule has 0 bridgehead atoms. The lowest BCUT2D eigenvalue weighted by Gasteiger charge is -2.07. The number of rotatable bonds is 9. The van der Waals surface area contributed by atoms with Gasteiger partial charge in [0, 0.05) is 24.9 Å². The number of hydrogen-bond donors (Lipinski definition) is 2. The Morgan fingerprint density at radius 2 is 2.05 bits per heavy atom. The van der Waals surface area contributed by atoms with E-state index >= 15 is 0 Å². The van der Waals surface area contributed by atoms with Crippen LogP contribution in [0.25, 0.3) is 0 Å². The molecule has 0 saturated heterocycles. The van der Waals surface area contributed by atoms with Crippen LogP contribution < -0.4 is 5.32 Å². The monoisotopic (exact) mass is 287 g/mol. The summed E-state index contributed by atoms with van der Waals surface area (Å²) in [6.45, 7) is 5.01. The van der Waals surface area contributed by atoms with E-state index in [9.17, 15) is 0 Å². The molecule has 0 fully saturated rings. The van der Waals surface area contributed by atoms with Crippen molar-refractivity contribution in [2.24, 2.45) is 5.92 Å². The maximum Gasteiger partial charge on any atom is 0.0659 e. The molecule has 1 atom stereocenters. The molecule has 2 N–H and O–H groups in total. The summed E-state index contributed by atoms with van der Waals surface area (Å²) >= 11 is 0. The first-order valence-electron chi connectivity index (χ1n) is 7.64. The lowest BCUT2D eigenvalue weighted by Crippen LogP contribution is -2.15. The highest BCUT2D eigenvalue weighted by molar-refractivity contribution is 5.15. The summed E-state index contributed by atoms with van der Waals surface area (Å²) in [5.41, 5.74) is 2.47. The van der Waals surface area contributed by atoms with Crippen LogP contribution in [0.2, 0.25) is 0 Å². The van der Waals surface area contributed by atoms with Crippen LogP contribution >= 0.6 is 0 Å². The van der Waals surface area contributed by atoms with Gasteiger partial charge in [-0.3, -0.25) is 4.68 Å². The molecule has 0 saturated carbocycles. The zero-order chi connectivity index (χ0) is 14.9. The van der Waals surface area contributed by atoms with Crippen LogP contribution in [-0.4, -0.2) is 28.0 Å². The normalized spacial score (nSPS) is 12.5. The van der Waals surface area contributed by atoms with Gasteiger partial charge in [-0.05, 0) is 30.9 Å². The van der Waals surface area contributed by atoms with Crippen LogP contribution in [0.15, 0.2) is 42.7 Å². The van der Waals surface area contributed by atoms with Crippen LogP contribution in [-0.2, 0) is 13.1 Å². The highest BCUT2D eigenvalue weighted by Gasteiger charge is 2.01. The van der Waals surface area contributed by atoms with E-state index in [0.29, 0.717) is 5.92 Å². The third-order valence-electron chi connectivity index (χ3n) is 3.57. The lowest BCUT2D eigenvalue weighted by atomic mass is 10.1. The summed E-state index contributed by atoms with van der Waals surface area (Å²) < 4.78 is 1.97. The zero-order valence-corrected chi connectivity index (χ0v) is 12.7. The first kappa shape index (κ1) is 15.7. The molecule has 0 spiro atoms. The van der Waals surface area contributed by atoms with Crippen molar-refractivity contribution in [2.45, 2.75) is 32.9 Å². The van der Waals surface area contributed by atoms with E-state index in [-0.39, 0.29) is 6.61 Å². The second kappa shape index (κ2) is 8.60. The molecular formula is C17H25N3O. The maximum atomic E-state index is 8.96. The van der Waals surface area contributed by atoms with Crippen molar-refractivity contribution in [3.63, 3.8) is 0 Å². The lowest BCUT2D eigenvalue weighted by molar-refractivity contribution is 0.228. The fourth-order valence-electron chi connectivity index (χ4n) is 2.25. The average molecular weight is 287 g/mol. The van der Waals surface area contributed by atoms with Crippen molar-refractivity contribution < 1.29 is 5.11 Å². The van der Waals surface area contributed by atoms with Gasteiger partial charge >= 0.3 is 0 Å². The van der Waals surface area contributed by atoms with Gasteiger partial charge in [-0.1, -0.05) is 37.3 Å². The van der Waals surface area contributed by atoms with E-state index in [1.54, 1.807) is 0 Å². The van der Waals surface area contributed by atoms with Crippen LogP contribution in [0.5, 0.6) is 0 Å². The van der Waals surface area contributed by atoms with E-state index in [0.717, 1.165) is 32.5 Å². The number of aromatic nitrogens is 2. The molecule has 1 unspecified atom stereocenters. The molecule has 1 aromatic carbocycles. The Kier molecular flexibility index (Phi) is 6.44. The predicted molar refractivity (Wildman–Crippen MR) is 85.0 cm³/mol. The SMILES string of the molecule is CC(CO)CCCNCc1cnn(Cc2ccccc2)c1. The molecular weight excluding hydrogens is 262 g/mol. The summed E-state index contributed by atoms with van der Waals surface area (Å²) in [6.07, 6.45) is 6.18. The van der Waals surface area contributed by atoms with Gasteiger partial charge in [0.1, 0.15) is 0 Å². The molecule has 0 aliphatic rings. The molecule has 114 valence electrons. The predicted octanol–water partition coefficient (Wildman–Crippen LogP) is 2.43. The topological polar surface area (TPSA) is 50.1 Å². The number of benzene rings is 1. The maximum absolute atomic E-state index is 8.96. The second-order valence-electron chi connectivity index (χ2n) is 5.64. The minimum absolute atomic E-state index is 0.284. The fraction of sp³-hybridized carbons (Fsp3) is 0.471. The molecule has 2 rings (SSSR count). The second-order valence-corrected chi connectivity index (χ2v) is 5.64. The van der Waals surface area contributed by atoms with Gasteiger partial charge in [-0.2, -0.15) is 5.10 Å². The first-order valence-corrected chi connectivity index (χ1v) is 7.64. The standard InChI is InChI=1S/C17H25N3O/c1-15(14-21)6-5-9-18-10-17-11-19-20(13-17)12-16-7-3-2-4-8-16/h2-4,7-8,11,13,15,18,21H,5-6,9-10,12,14H2,1H3. The molecule has 0 amide bonds. The zero-order valence-electron chi connectivity index (χ0n) is 12.7. The van der Waals surface area contributed by atoms with Crippen molar-refractivity contribution in [2.75, 3.05) is 13.2 Å². The smallest absolute Gasteiger partial charge is 0.0659 e. The Morgan fingerprint density at radius 3 is 2.81 bits per heavy atom. The third kappa shape index (κ3) is 5.69. The molecule has 4 heteroatoms. The molecule has 0 aliphatic heterocycles. The van der Waals surface area contributed by atoms with Crippen molar-refractivity contribution in [3.05, 3.63) is 53.9 Å². The van der Waals surface area contributed by atoms with E-state index < -0.39 is 0 Å². The third-order valence-corrected chi connectivity index (χ3v) is 3.57. The molecule has 1 heterocycles. The number of hydrogen-bond acceptors (Lipinski definition) is 3. The molecule has 21 heavy (non-hydrogen) atoms. The number of aliphatic hydroxyl groups excluding tert-OH is 1. The van der Waals surface area contributed by atoms with Gasteiger partial charge in [0.25, 0.3) is 0 Å². The average Bonchev–Trinajstić information content (AvgIpc) is 2.95. The molecule has 4 nitrogen and oxygen atoms in total. The summed E-state index contributed by atoms with van der Waals surface area (Å²) in [6, 6.07) is 10.4. The Balaban J connectivity index is 1.69. The summed E-state index contributed by atoms with van der Waals surface area (Å²) in [4.78, 5) is 0. The van der Waals surface area contributed by atoms with Crippen molar-refractivity contribution in [1.82, 2.24) is 15.1 Å². The molecule has 2 aromatic rings. The van der Waals surface area contributed by atoms with Crippen LogP contribution in [0.4, 0.5) is 0 Å². The molecule has 1 aromatic heterocycles. The van der Waals surface area contributed by atoms with Crippen LogP contribution in [0.3, 0.4) is 0 Å². The fourth-order valence-corrected chi connectivity index (χ4v) is 2.25. The summed E-state index contributed by atoms with van der Waals surface area (Å²) in [7, 11) is 0. The Labute approximate surface area is 126 Å². The first-order chi connectivity index (χ1) is 10.3. The molecule has 0 aliphatic carbocycles. The van der Waals surface area contributed by atoms with Gasteiger partial charge < -0.3 is 10.4 Å². The minimum atomic E-state index is 0.284. The van der Waals surface area contributed by atoms with Gasteiger partial charge in [0.2, 0.25) is 0 Å². The molecule has 0 radical (unpaired) electrons. The Hall–Kier alpha value is -1.65. The summed E-state index contributed by atoms with van der Waals surface area (Å²) in [5, 5.41) is 16.8. The van der Waals surface area contributed by atoms with E-state index in [2.05, 4.69) is 47.8 Å². The minimum Gasteiger partial charge on any atom is -0.396 e. The van der Waals surface area contributed by atoms with E-state index in [4.69, 9.17) is 5.11 Å². The van der Waals surface area contributed by atoms with E-state index in [1.807, 2.05) is 16.9 Å². The number of nitrogens with zero attached hydrogens (tertiary/aromatic N) is 2. The van der Waals surface area contributed by atoms with Gasteiger partial charge in [-0.25, -0.2) is 0 Å². The van der Waals surface area contributed by atoms with Gasteiger partial charge in [-0.15, -0.1) is 0 Å². The van der Waals surface area contributed by atoms with Crippen LogP contribution in [0.1, 0.15) is 30.9 Å². The highest BCUT2D eigenvalue weighted by Crippen LogP contribution is 2.05. The number of aliphatic hydroxyl groups is 1. The van der Waals surface area contributed by atoms with Crippen molar-refractivity contribution >= 4 is 0 Å². The van der Waals surface area contributed by atoms with Crippen molar-refractivity contribution in [3.8, 4) is 0 Å². The number of nitrogens with one attached hydrogen (secondary N) is 1. The highest BCUT2D eigenvalue weighted by atomic mass is 16.3. The van der Waals surface area contributed by atoms with Crippen molar-refractivity contribution in [1.29, 1.82) is 0 Å². The quantitative estimate of drug-likeness (QED) is 0.696. The largest absolute Gasteiger partial charge is 0.396 e. The van der Waals surface area contributed by atoms with E-state index in [1.165, 1.54) is 11.1 Å². The van der Waals surface area contributed by atoms with Gasteiger partial charge in [0.05, 0.1) is 12.7 Å². The Bertz CT molecular complexity index is 510. The van der Waals surface area contributed by atoms with Gasteiger partial charge in [0.15, 0.2) is 0 Å². The Morgan fingerprint density at radius 1 is 1.24 bits per heavy atom. The summed E-state index contributed by atoms with van der Waals surface area (Å²) in [5.74, 6) is 0.403.